The Morgan fingerprint density at radius 1 is 1.44 bits per heavy atom. The molecule has 1 saturated heterocycles. The minimum absolute atomic E-state index is 0.147. The maximum absolute atomic E-state index is 11.4. The molecule has 1 unspecified atom stereocenters. The number of amides is 1. The summed E-state index contributed by atoms with van der Waals surface area (Å²) < 4.78 is 0. The molecule has 1 aliphatic rings. The van der Waals surface area contributed by atoms with Crippen molar-refractivity contribution in [2.75, 3.05) is 19.6 Å². The summed E-state index contributed by atoms with van der Waals surface area (Å²) in [5.74, 6) is 0.147. The minimum Gasteiger partial charge on any atom is -0.354 e. The van der Waals surface area contributed by atoms with Crippen molar-refractivity contribution in [3.63, 3.8) is 0 Å². The van der Waals surface area contributed by atoms with Gasteiger partial charge in [-0.15, -0.1) is 11.3 Å². The molecule has 0 aliphatic carbocycles. The zero-order chi connectivity index (χ0) is 12.8. The zero-order valence-corrected chi connectivity index (χ0v) is 11.8. The van der Waals surface area contributed by atoms with Crippen LogP contribution < -0.4 is 5.32 Å². The number of nitrogens with one attached hydrogen (secondary N) is 1. The lowest BCUT2D eigenvalue weighted by molar-refractivity contribution is -0.121. The maximum atomic E-state index is 11.4. The van der Waals surface area contributed by atoms with Crippen LogP contribution in [-0.4, -0.2) is 30.4 Å². The second kappa shape index (κ2) is 6.90. The number of carbonyl (C=O) groups is 1. The molecular weight excluding hydrogens is 244 g/mol. The molecule has 1 aromatic heterocycles. The van der Waals surface area contributed by atoms with Crippen LogP contribution in [0.2, 0.25) is 0 Å². The van der Waals surface area contributed by atoms with Gasteiger partial charge < -0.3 is 5.32 Å². The van der Waals surface area contributed by atoms with E-state index < -0.39 is 0 Å². The Bertz CT molecular complexity index is 358. The van der Waals surface area contributed by atoms with E-state index in [-0.39, 0.29) is 5.91 Å². The normalized spacial score (nSPS) is 18.5. The van der Waals surface area contributed by atoms with Crippen LogP contribution in [0.15, 0.2) is 17.5 Å². The Hall–Kier alpha value is -0.870. The Kier molecular flexibility index (Phi) is 5.20. The van der Waals surface area contributed by atoms with Crippen LogP contribution in [0.3, 0.4) is 0 Å². The fourth-order valence-electron chi connectivity index (χ4n) is 2.46. The van der Waals surface area contributed by atoms with E-state index in [2.05, 4.69) is 27.7 Å². The van der Waals surface area contributed by atoms with E-state index in [1.54, 1.807) is 11.3 Å². The van der Waals surface area contributed by atoms with E-state index in [1.165, 1.54) is 24.1 Å². The second-order valence-corrected chi connectivity index (χ2v) is 5.76. The highest BCUT2D eigenvalue weighted by Crippen LogP contribution is 2.27. The Morgan fingerprint density at radius 2 is 2.22 bits per heavy atom. The predicted octanol–water partition coefficient (Wildman–Crippen LogP) is 2.80. The third-order valence-electron chi connectivity index (χ3n) is 3.52. The van der Waals surface area contributed by atoms with Crippen LogP contribution in [0, 0.1) is 0 Å². The lowest BCUT2D eigenvalue weighted by atomic mass is 10.1. The van der Waals surface area contributed by atoms with E-state index in [0.29, 0.717) is 12.5 Å². The summed E-state index contributed by atoms with van der Waals surface area (Å²) in [7, 11) is 0. The van der Waals surface area contributed by atoms with Gasteiger partial charge in [0.15, 0.2) is 0 Å². The van der Waals surface area contributed by atoms with Crippen LogP contribution in [0.5, 0.6) is 0 Å². The van der Waals surface area contributed by atoms with Gasteiger partial charge in [-0.2, -0.15) is 0 Å². The molecule has 0 aromatic carbocycles. The zero-order valence-electron chi connectivity index (χ0n) is 11.0. The van der Waals surface area contributed by atoms with Crippen molar-refractivity contribution in [2.24, 2.45) is 0 Å². The molecule has 2 rings (SSSR count). The van der Waals surface area contributed by atoms with Gasteiger partial charge in [0.2, 0.25) is 5.91 Å². The van der Waals surface area contributed by atoms with Gasteiger partial charge in [-0.3, -0.25) is 9.69 Å². The molecule has 1 fully saturated rings. The highest BCUT2D eigenvalue weighted by atomic mass is 32.1. The van der Waals surface area contributed by atoms with Gasteiger partial charge in [-0.1, -0.05) is 19.4 Å². The summed E-state index contributed by atoms with van der Waals surface area (Å²) >= 11 is 1.79. The summed E-state index contributed by atoms with van der Waals surface area (Å²) in [5, 5.41) is 5.16. The third kappa shape index (κ3) is 3.56. The first-order valence-electron chi connectivity index (χ1n) is 6.85. The van der Waals surface area contributed by atoms with Crippen LogP contribution in [0.1, 0.15) is 43.5 Å². The maximum Gasteiger partial charge on any atom is 0.219 e. The Morgan fingerprint density at radius 3 is 2.83 bits per heavy atom. The van der Waals surface area contributed by atoms with Gasteiger partial charge in [0.1, 0.15) is 0 Å². The lowest BCUT2D eigenvalue weighted by Crippen LogP contribution is -2.40. The first-order valence-corrected chi connectivity index (χ1v) is 7.73. The minimum atomic E-state index is 0.147. The fraction of sp³-hybridized carbons (Fsp3) is 0.643. The Balaban J connectivity index is 2.00. The largest absolute Gasteiger partial charge is 0.354 e. The second-order valence-electron chi connectivity index (χ2n) is 4.79. The molecule has 0 saturated carbocycles. The molecule has 1 atom stereocenters. The first kappa shape index (κ1) is 13.6. The van der Waals surface area contributed by atoms with Crippen LogP contribution in [-0.2, 0) is 4.79 Å². The molecule has 3 nitrogen and oxygen atoms in total. The van der Waals surface area contributed by atoms with E-state index in [9.17, 15) is 4.79 Å². The van der Waals surface area contributed by atoms with Crippen molar-refractivity contribution in [2.45, 2.75) is 38.6 Å². The molecular formula is C14H22N2OS. The highest BCUT2D eigenvalue weighted by molar-refractivity contribution is 7.10. The quantitative estimate of drug-likeness (QED) is 0.889. The van der Waals surface area contributed by atoms with Crippen molar-refractivity contribution in [3.8, 4) is 0 Å². The predicted molar refractivity (Wildman–Crippen MR) is 75.8 cm³/mol. The van der Waals surface area contributed by atoms with E-state index in [0.717, 1.165) is 19.6 Å². The van der Waals surface area contributed by atoms with Gasteiger partial charge in [-0.05, 0) is 37.4 Å². The molecule has 0 spiro atoms. The molecule has 4 heteroatoms. The summed E-state index contributed by atoms with van der Waals surface area (Å²) in [6, 6.07) is 4.64. The van der Waals surface area contributed by atoms with E-state index in [4.69, 9.17) is 0 Å². The molecule has 1 aliphatic heterocycles. The number of nitrogens with zero attached hydrogens (tertiary/aromatic N) is 1. The van der Waals surface area contributed by atoms with Gasteiger partial charge in [0.25, 0.3) is 0 Å². The average Bonchev–Trinajstić information content (AvgIpc) is 2.94. The standard InChI is InChI=1S/C14H22N2OS/c1-2-14(17)15-11-12(13-7-6-10-18-13)16-8-4-3-5-9-16/h6-7,10,12H,2-5,8-9,11H2,1H3,(H,15,17). The number of carbonyl (C=O) groups excluding carboxylic acids is 1. The third-order valence-corrected chi connectivity index (χ3v) is 4.49. The first-order chi connectivity index (χ1) is 8.81. The number of hydrogen-bond donors (Lipinski definition) is 1. The topological polar surface area (TPSA) is 32.3 Å². The van der Waals surface area contributed by atoms with E-state index >= 15 is 0 Å². The summed E-state index contributed by atoms with van der Waals surface area (Å²) in [6.07, 6.45) is 4.47. The molecule has 1 amide bonds. The van der Waals surface area contributed by atoms with E-state index in [1.807, 2.05) is 6.92 Å². The van der Waals surface area contributed by atoms with Crippen LogP contribution >= 0.6 is 11.3 Å². The van der Waals surface area contributed by atoms with Gasteiger partial charge in [0.05, 0.1) is 6.04 Å². The van der Waals surface area contributed by atoms with Crippen molar-refractivity contribution in [1.82, 2.24) is 10.2 Å². The number of hydrogen-bond acceptors (Lipinski definition) is 3. The van der Waals surface area contributed by atoms with Crippen molar-refractivity contribution in [1.29, 1.82) is 0 Å². The SMILES string of the molecule is CCC(=O)NCC(c1cccs1)N1CCCCC1. The molecule has 1 aromatic rings. The van der Waals surface area contributed by atoms with Gasteiger partial charge >= 0.3 is 0 Å². The molecule has 2 heterocycles. The number of likely N-dealkylation sites (tertiary alicyclic amines) is 1. The smallest absolute Gasteiger partial charge is 0.219 e. The molecule has 0 bridgehead atoms. The van der Waals surface area contributed by atoms with Gasteiger partial charge in [-0.25, -0.2) is 0 Å². The average molecular weight is 266 g/mol. The number of rotatable bonds is 5. The van der Waals surface area contributed by atoms with Crippen molar-refractivity contribution >= 4 is 17.2 Å². The Labute approximate surface area is 113 Å². The molecule has 1 N–H and O–H groups in total. The summed E-state index contributed by atoms with van der Waals surface area (Å²) in [4.78, 5) is 15.3. The lowest BCUT2D eigenvalue weighted by Gasteiger charge is -2.34. The molecule has 18 heavy (non-hydrogen) atoms. The van der Waals surface area contributed by atoms with Crippen LogP contribution in [0.4, 0.5) is 0 Å². The summed E-state index contributed by atoms with van der Waals surface area (Å²) in [6.45, 7) is 4.96. The van der Waals surface area contributed by atoms with Crippen molar-refractivity contribution < 1.29 is 4.79 Å². The monoisotopic (exact) mass is 266 g/mol. The molecule has 100 valence electrons. The highest BCUT2D eigenvalue weighted by Gasteiger charge is 2.23. The number of piperidine rings is 1. The van der Waals surface area contributed by atoms with Gasteiger partial charge in [0, 0.05) is 17.8 Å². The molecule has 0 radical (unpaired) electrons. The number of thiophene rings is 1. The van der Waals surface area contributed by atoms with Crippen molar-refractivity contribution in [3.05, 3.63) is 22.4 Å². The fourth-order valence-corrected chi connectivity index (χ4v) is 3.32. The summed E-state index contributed by atoms with van der Waals surface area (Å²) in [5.41, 5.74) is 0. The van der Waals surface area contributed by atoms with Crippen LogP contribution in [0.25, 0.3) is 0 Å².